The highest BCUT2D eigenvalue weighted by molar-refractivity contribution is 7.09. The number of hydrogen-bond acceptors (Lipinski definition) is 5. The van der Waals surface area contributed by atoms with E-state index in [1.165, 1.54) is 11.3 Å². The number of rotatable bonds is 6. The van der Waals surface area contributed by atoms with Crippen LogP contribution in [0.4, 0.5) is 10.1 Å². The highest BCUT2D eigenvalue weighted by Crippen LogP contribution is 2.25. The van der Waals surface area contributed by atoms with Crippen molar-refractivity contribution in [3.05, 3.63) is 45.2 Å². The Morgan fingerprint density at radius 2 is 2.36 bits per heavy atom. The largest absolute Gasteiger partial charge is 0.372 e. The summed E-state index contributed by atoms with van der Waals surface area (Å²) >= 11 is 1.47. The molecule has 0 saturated heterocycles. The molecule has 1 aromatic carbocycles. The first-order valence-electron chi connectivity index (χ1n) is 8.45. The maximum Gasteiger partial charge on any atom is 0.230 e. The standard InChI is InChI=1S/C18H22FN3O2S/c1-3-24-11(2)18-21-13(10-25-18)8-16(23)22-15-5-4-12-9-20-7-6-14(12)17(15)19/h4-5,10-11,20H,3,6-9H2,1-2H3,(H,22,23). The van der Waals surface area contributed by atoms with Gasteiger partial charge in [-0.15, -0.1) is 11.3 Å². The Labute approximate surface area is 150 Å². The minimum Gasteiger partial charge on any atom is -0.372 e. The summed E-state index contributed by atoms with van der Waals surface area (Å²) in [4.78, 5) is 16.7. The second-order valence-corrected chi connectivity index (χ2v) is 6.88. The number of benzene rings is 1. The fraction of sp³-hybridized carbons (Fsp3) is 0.444. The molecule has 1 atom stereocenters. The molecule has 1 aliphatic rings. The average Bonchev–Trinajstić information content (AvgIpc) is 3.06. The minimum absolute atomic E-state index is 0.0847. The first kappa shape index (κ1) is 18.0. The van der Waals surface area contributed by atoms with Crippen LogP contribution < -0.4 is 10.6 Å². The maximum atomic E-state index is 14.6. The summed E-state index contributed by atoms with van der Waals surface area (Å²) in [5.74, 6) is -0.593. The Bertz CT molecular complexity index is 763. The fourth-order valence-corrected chi connectivity index (χ4v) is 3.72. The van der Waals surface area contributed by atoms with Crippen LogP contribution in [0.5, 0.6) is 0 Å². The van der Waals surface area contributed by atoms with Crippen molar-refractivity contribution in [2.24, 2.45) is 0 Å². The van der Waals surface area contributed by atoms with Gasteiger partial charge in [-0.05, 0) is 44.0 Å². The Morgan fingerprint density at radius 3 is 3.16 bits per heavy atom. The Balaban J connectivity index is 1.65. The van der Waals surface area contributed by atoms with Crippen molar-refractivity contribution in [1.29, 1.82) is 0 Å². The Hall–Kier alpha value is -1.83. The molecule has 1 aliphatic heterocycles. The van der Waals surface area contributed by atoms with Crippen molar-refractivity contribution >= 4 is 22.9 Å². The fourth-order valence-electron chi connectivity index (χ4n) is 2.90. The second-order valence-electron chi connectivity index (χ2n) is 5.99. The molecule has 0 spiro atoms. The number of amides is 1. The summed E-state index contributed by atoms with van der Waals surface area (Å²) in [6, 6.07) is 3.49. The zero-order chi connectivity index (χ0) is 17.8. The van der Waals surface area contributed by atoms with Gasteiger partial charge in [0.05, 0.1) is 17.8 Å². The lowest BCUT2D eigenvalue weighted by molar-refractivity contribution is -0.115. The van der Waals surface area contributed by atoms with Gasteiger partial charge in [-0.2, -0.15) is 0 Å². The SMILES string of the molecule is CCOC(C)c1nc(CC(=O)Nc2ccc3c(c2F)CCNC3)cs1. The highest BCUT2D eigenvalue weighted by Gasteiger charge is 2.18. The predicted octanol–water partition coefficient (Wildman–Crippen LogP) is 3.21. The molecule has 1 amide bonds. The van der Waals surface area contributed by atoms with E-state index >= 15 is 0 Å². The molecule has 3 rings (SSSR count). The summed E-state index contributed by atoms with van der Waals surface area (Å²) in [6.45, 7) is 5.90. The van der Waals surface area contributed by atoms with Gasteiger partial charge in [-0.1, -0.05) is 6.07 Å². The number of aromatic nitrogens is 1. The molecule has 1 unspecified atom stereocenters. The zero-order valence-electron chi connectivity index (χ0n) is 14.4. The minimum atomic E-state index is -0.323. The second kappa shape index (κ2) is 8.03. The van der Waals surface area contributed by atoms with Gasteiger partial charge < -0.3 is 15.4 Å². The van der Waals surface area contributed by atoms with E-state index in [1.807, 2.05) is 25.3 Å². The maximum absolute atomic E-state index is 14.6. The average molecular weight is 363 g/mol. The Kier molecular flexibility index (Phi) is 5.78. The number of fused-ring (bicyclic) bond motifs is 1. The van der Waals surface area contributed by atoms with E-state index in [2.05, 4.69) is 15.6 Å². The van der Waals surface area contributed by atoms with Gasteiger partial charge in [0.25, 0.3) is 0 Å². The van der Waals surface area contributed by atoms with Crippen LogP contribution in [0, 0.1) is 5.82 Å². The molecule has 0 radical (unpaired) electrons. The summed E-state index contributed by atoms with van der Waals surface area (Å²) in [5, 5.41) is 8.57. The van der Waals surface area contributed by atoms with E-state index < -0.39 is 0 Å². The van der Waals surface area contributed by atoms with Gasteiger partial charge >= 0.3 is 0 Å². The number of halogens is 1. The molecule has 25 heavy (non-hydrogen) atoms. The summed E-state index contributed by atoms with van der Waals surface area (Å²) in [7, 11) is 0. The van der Waals surface area contributed by atoms with Crippen LogP contribution >= 0.6 is 11.3 Å². The number of nitrogens with zero attached hydrogens (tertiary/aromatic N) is 1. The molecule has 0 fully saturated rings. The molecule has 2 N–H and O–H groups in total. The van der Waals surface area contributed by atoms with Crippen molar-refractivity contribution in [2.45, 2.75) is 39.3 Å². The zero-order valence-corrected chi connectivity index (χ0v) is 15.2. The predicted molar refractivity (Wildman–Crippen MR) is 96.3 cm³/mol. The van der Waals surface area contributed by atoms with E-state index in [-0.39, 0.29) is 29.9 Å². The van der Waals surface area contributed by atoms with Gasteiger partial charge in [-0.25, -0.2) is 9.37 Å². The smallest absolute Gasteiger partial charge is 0.230 e. The normalized spacial score (nSPS) is 14.8. The molecule has 134 valence electrons. The summed E-state index contributed by atoms with van der Waals surface area (Å²) in [6.07, 6.45) is 0.668. The van der Waals surface area contributed by atoms with E-state index in [0.717, 1.165) is 17.1 Å². The third-order valence-electron chi connectivity index (χ3n) is 4.16. The molecule has 0 bridgehead atoms. The molecule has 1 aromatic heterocycles. The summed E-state index contributed by atoms with van der Waals surface area (Å²) < 4.78 is 20.1. The van der Waals surface area contributed by atoms with E-state index in [0.29, 0.717) is 30.8 Å². The van der Waals surface area contributed by atoms with Crippen molar-refractivity contribution in [3.8, 4) is 0 Å². The van der Waals surface area contributed by atoms with E-state index in [4.69, 9.17) is 4.74 Å². The third kappa shape index (κ3) is 4.23. The van der Waals surface area contributed by atoms with Crippen molar-refractivity contribution in [3.63, 3.8) is 0 Å². The lowest BCUT2D eigenvalue weighted by Crippen LogP contribution is -2.25. The molecule has 2 aromatic rings. The first-order chi connectivity index (χ1) is 12.1. The number of thiazole rings is 1. The molecular weight excluding hydrogens is 341 g/mol. The number of anilines is 1. The molecule has 0 saturated carbocycles. The molecular formula is C18H22FN3O2S. The number of carbonyl (C=O) groups excluding carboxylic acids is 1. The first-order valence-corrected chi connectivity index (χ1v) is 9.33. The molecule has 0 aliphatic carbocycles. The lowest BCUT2D eigenvalue weighted by atomic mass is 9.99. The summed E-state index contributed by atoms with van der Waals surface area (Å²) in [5.41, 5.74) is 2.56. The number of hydrogen-bond donors (Lipinski definition) is 2. The van der Waals surface area contributed by atoms with E-state index in [9.17, 15) is 9.18 Å². The third-order valence-corrected chi connectivity index (χ3v) is 5.21. The molecule has 5 nitrogen and oxygen atoms in total. The monoisotopic (exact) mass is 363 g/mol. The van der Waals surface area contributed by atoms with Crippen LogP contribution in [0.1, 0.15) is 41.8 Å². The Morgan fingerprint density at radius 1 is 1.52 bits per heavy atom. The number of nitrogens with one attached hydrogen (secondary N) is 2. The van der Waals surface area contributed by atoms with Gasteiger partial charge in [0.15, 0.2) is 0 Å². The van der Waals surface area contributed by atoms with Gasteiger partial charge in [-0.3, -0.25) is 4.79 Å². The number of ether oxygens (including phenoxy) is 1. The lowest BCUT2D eigenvalue weighted by Gasteiger charge is -2.19. The van der Waals surface area contributed by atoms with Crippen molar-refractivity contribution in [1.82, 2.24) is 10.3 Å². The van der Waals surface area contributed by atoms with E-state index in [1.54, 1.807) is 6.07 Å². The molecule has 2 heterocycles. The quantitative estimate of drug-likeness (QED) is 0.827. The van der Waals surface area contributed by atoms with Gasteiger partial charge in [0.2, 0.25) is 5.91 Å². The van der Waals surface area contributed by atoms with Crippen molar-refractivity contribution in [2.75, 3.05) is 18.5 Å². The van der Waals surface area contributed by atoms with Crippen LogP contribution in [0.25, 0.3) is 0 Å². The van der Waals surface area contributed by atoms with Crippen LogP contribution in [-0.4, -0.2) is 24.0 Å². The van der Waals surface area contributed by atoms with Crippen molar-refractivity contribution < 1.29 is 13.9 Å². The highest BCUT2D eigenvalue weighted by atomic mass is 32.1. The topological polar surface area (TPSA) is 63.2 Å². The number of carbonyl (C=O) groups is 1. The van der Waals surface area contributed by atoms with Crippen LogP contribution in [0.3, 0.4) is 0 Å². The van der Waals surface area contributed by atoms with Crippen LogP contribution in [-0.2, 0) is 28.9 Å². The van der Waals surface area contributed by atoms with Crippen LogP contribution in [0.2, 0.25) is 0 Å². The van der Waals surface area contributed by atoms with Gasteiger partial charge in [0.1, 0.15) is 16.9 Å². The van der Waals surface area contributed by atoms with Crippen LogP contribution in [0.15, 0.2) is 17.5 Å². The molecule has 7 heteroatoms. The van der Waals surface area contributed by atoms with Gasteiger partial charge in [0, 0.05) is 18.5 Å².